The van der Waals surface area contributed by atoms with Crippen molar-refractivity contribution in [3.8, 4) is 11.4 Å². The summed E-state index contributed by atoms with van der Waals surface area (Å²) in [4.78, 5) is 13.7. The van der Waals surface area contributed by atoms with E-state index in [9.17, 15) is 9.18 Å². The second kappa shape index (κ2) is 8.86. The third kappa shape index (κ3) is 5.09. The summed E-state index contributed by atoms with van der Waals surface area (Å²) in [6.07, 6.45) is 1.73. The van der Waals surface area contributed by atoms with Crippen LogP contribution in [0.3, 0.4) is 0 Å². The largest absolute Gasteiger partial charge is 0.353 e. The molecule has 1 N–H and O–H groups in total. The van der Waals surface area contributed by atoms with E-state index >= 15 is 0 Å². The normalized spacial score (nSPS) is 11.2. The van der Waals surface area contributed by atoms with Gasteiger partial charge in [0.1, 0.15) is 5.82 Å². The van der Waals surface area contributed by atoms with Crippen LogP contribution in [-0.4, -0.2) is 44.8 Å². The first-order valence-corrected chi connectivity index (χ1v) is 8.75. The molecule has 0 aliphatic heterocycles. The van der Waals surface area contributed by atoms with E-state index in [0.717, 1.165) is 5.56 Å². The second-order valence-electron chi connectivity index (χ2n) is 6.39. The highest BCUT2D eigenvalue weighted by Gasteiger charge is 2.14. The van der Waals surface area contributed by atoms with Crippen LogP contribution in [0.15, 0.2) is 36.9 Å². The third-order valence-electron chi connectivity index (χ3n) is 3.58. The molecular weight excluding hydrogens is 353 g/mol. The summed E-state index contributed by atoms with van der Waals surface area (Å²) in [5, 5.41) is 7.42. The summed E-state index contributed by atoms with van der Waals surface area (Å²) >= 11 is 5.52. The first-order chi connectivity index (χ1) is 12.3. The fourth-order valence-electron chi connectivity index (χ4n) is 2.53. The van der Waals surface area contributed by atoms with Crippen LogP contribution in [0.1, 0.15) is 13.8 Å². The molecule has 6 nitrogen and oxygen atoms in total. The number of allylic oxidation sites excluding steroid dienone is 1. The molecule has 8 heteroatoms. The Bertz CT molecular complexity index is 825. The van der Waals surface area contributed by atoms with Crippen molar-refractivity contribution >= 4 is 18.1 Å². The molecule has 0 atom stereocenters. The molecule has 1 aromatic carbocycles. The lowest BCUT2D eigenvalue weighted by Crippen LogP contribution is -2.39. The fourth-order valence-corrected chi connectivity index (χ4v) is 2.79. The Hall–Kier alpha value is -2.32. The van der Waals surface area contributed by atoms with Gasteiger partial charge in [-0.05, 0) is 57.4 Å². The van der Waals surface area contributed by atoms with Crippen LogP contribution in [0.5, 0.6) is 0 Å². The Morgan fingerprint density at radius 1 is 1.42 bits per heavy atom. The molecule has 1 amide bonds. The van der Waals surface area contributed by atoms with E-state index in [-0.39, 0.29) is 24.3 Å². The maximum Gasteiger partial charge on any atom is 0.234 e. The number of aromatic nitrogens is 3. The number of likely N-dealkylation sites (N-methyl/N-ethyl adjacent to an activating group) is 1. The molecule has 140 valence electrons. The fraction of sp³-hybridized carbons (Fsp3) is 0.389. The number of hydrogen-bond acceptors (Lipinski definition) is 4. The lowest BCUT2D eigenvalue weighted by Gasteiger charge is -2.17. The summed E-state index contributed by atoms with van der Waals surface area (Å²) in [6.45, 7) is 8.68. The van der Waals surface area contributed by atoms with Crippen molar-refractivity contribution < 1.29 is 9.18 Å². The minimum absolute atomic E-state index is 0.0571. The van der Waals surface area contributed by atoms with E-state index < -0.39 is 0 Å². The van der Waals surface area contributed by atoms with E-state index in [1.54, 1.807) is 22.9 Å². The zero-order valence-electron chi connectivity index (χ0n) is 15.3. The maximum atomic E-state index is 13.2. The predicted molar refractivity (Wildman–Crippen MR) is 103 cm³/mol. The van der Waals surface area contributed by atoms with Crippen molar-refractivity contribution in [2.24, 2.45) is 0 Å². The first-order valence-electron chi connectivity index (χ1n) is 8.34. The Balaban J connectivity index is 2.25. The maximum absolute atomic E-state index is 13.2. The Kier molecular flexibility index (Phi) is 6.82. The van der Waals surface area contributed by atoms with E-state index in [4.69, 9.17) is 12.2 Å². The minimum atomic E-state index is -0.307. The number of hydrogen-bond donors (Lipinski definition) is 1. The van der Waals surface area contributed by atoms with Gasteiger partial charge in [0.2, 0.25) is 5.91 Å². The van der Waals surface area contributed by atoms with Gasteiger partial charge in [-0.25, -0.2) is 9.07 Å². The molecule has 1 heterocycles. The molecule has 0 bridgehead atoms. The summed E-state index contributed by atoms with van der Waals surface area (Å²) < 4.78 is 17.2. The molecule has 1 aromatic heterocycles. The lowest BCUT2D eigenvalue weighted by atomic mass is 10.2. The molecule has 2 rings (SSSR count). The molecule has 0 aliphatic rings. The molecule has 0 saturated heterocycles. The SMILES string of the molecule is C=CCn1c(-c2ccc(F)cc2)nn(CN(C)CC(=O)NC(C)C)c1=S. The molecule has 0 saturated carbocycles. The predicted octanol–water partition coefficient (Wildman–Crippen LogP) is 2.82. The summed E-state index contributed by atoms with van der Waals surface area (Å²) in [5.74, 6) is 0.270. The number of amides is 1. The van der Waals surface area contributed by atoms with Gasteiger partial charge in [-0.3, -0.25) is 14.3 Å². The van der Waals surface area contributed by atoms with E-state index in [0.29, 0.717) is 23.8 Å². The van der Waals surface area contributed by atoms with Crippen molar-refractivity contribution in [2.45, 2.75) is 33.1 Å². The topological polar surface area (TPSA) is 55.1 Å². The van der Waals surface area contributed by atoms with Crippen LogP contribution in [0, 0.1) is 10.6 Å². The van der Waals surface area contributed by atoms with E-state index in [2.05, 4.69) is 17.0 Å². The number of benzene rings is 1. The average Bonchev–Trinajstić information content (AvgIpc) is 2.84. The molecule has 0 fully saturated rings. The van der Waals surface area contributed by atoms with Crippen molar-refractivity contribution in [3.05, 3.63) is 47.5 Å². The van der Waals surface area contributed by atoms with Gasteiger partial charge in [0.15, 0.2) is 10.6 Å². The lowest BCUT2D eigenvalue weighted by molar-refractivity contribution is -0.122. The van der Waals surface area contributed by atoms with Crippen LogP contribution in [0.2, 0.25) is 0 Å². The number of carbonyl (C=O) groups excluding carboxylic acids is 1. The van der Waals surface area contributed by atoms with Crippen LogP contribution in [0.4, 0.5) is 4.39 Å². The summed E-state index contributed by atoms with van der Waals surface area (Å²) in [6, 6.07) is 6.19. The van der Waals surface area contributed by atoms with Gasteiger partial charge >= 0.3 is 0 Å². The standard InChI is InChI=1S/C18H24FN5OS/c1-5-10-23-17(14-6-8-15(19)9-7-14)21-24(18(23)26)12-22(4)11-16(25)20-13(2)3/h5-9,13H,1,10-12H2,2-4H3,(H,20,25). The zero-order valence-corrected chi connectivity index (χ0v) is 16.1. The van der Waals surface area contributed by atoms with Gasteiger partial charge in [-0.1, -0.05) is 6.08 Å². The van der Waals surface area contributed by atoms with Crippen LogP contribution in [-0.2, 0) is 18.0 Å². The molecule has 26 heavy (non-hydrogen) atoms. The van der Waals surface area contributed by atoms with Crippen LogP contribution < -0.4 is 5.32 Å². The third-order valence-corrected chi connectivity index (χ3v) is 4.01. The van der Waals surface area contributed by atoms with E-state index in [1.807, 2.05) is 30.4 Å². The highest BCUT2D eigenvalue weighted by molar-refractivity contribution is 7.71. The summed E-state index contributed by atoms with van der Waals surface area (Å²) in [7, 11) is 1.83. The highest BCUT2D eigenvalue weighted by Crippen LogP contribution is 2.19. The number of rotatable bonds is 8. The minimum Gasteiger partial charge on any atom is -0.353 e. The van der Waals surface area contributed by atoms with Crippen molar-refractivity contribution in [2.75, 3.05) is 13.6 Å². The summed E-state index contributed by atoms with van der Waals surface area (Å²) in [5.41, 5.74) is 0.762. The highest BCUT2D eigenvalue weighted by atomic mass is 32.1. The van der Waals surface area contributed by atoms with Crippen LogP contribution in [0.25, 0.3) is 11.4 Å². The zero-order chi connectivity index (χ0) is 19.3. The molecular formula is C18H24FN5OS. The Morgan fingerprint density at radius 3 is 2.65 bits per heavy atom. The van der Waals surface area contributed by atoms with Gasteiger partial charge < -0.3 is 5.32 Å². The molecule has 0 spiro atoms. The number of nitrogens with zero attached hydrogens (tertiary/aromatic N) is 4. The van der Waals surface area contributed by atoms with Gasteiger partial charge in [0, 0.05) is 18.2 Å². The number of carbonyl (C=O) groups is 1. The second-order valence-corrected chi connectivity index (χ2v) is 6.75. The monoisotopic (exact) mass is 377 g/mol. The van der Waals surface area contributed by atoms with Gasteiger partial charge in [-0.15, -0.1) is 6.58 Å². The molecule has 0 aliphatic carbocycles. The quantitative estimate of drug-likeness (QED) is 0.568. The van der Waals surface area contributed by atoms with Crippen LogP contribution >= 0.6 is 12.2 Å². The van der Waals surface area contributed by atoms with Crippen molar-refractivity contribution in [1.29, 1.82) is 0 Å². The molecule has 0 unspecified atom stereocenters. The number of nitrogens with one attached hydrogen (secondary N) is 1. The van der Waals surface area contributed by atoms with Gasteiger partial charge in [-0.2, -0.15) is 5.10 Å². The van der Waals surface area contributed by atoms with Crippen molar-refractivity contribution in [1.82, 2.24) is 24.6 Å². The van der Waals surface area contributed by atoms with Crippen molar-refractivity contribution in [3.63, 3.8) is 0 Å². The first kappa shape index (κ1) is 20.0. The Labute approximate surface area is 157 Å². The molecule has 2 aromatic rings. The smallest absolute Gasteiger partial charge is 0.234 e. The number of halogens is 1. The van der Waals surface area contributed by atoms with Gasteiger partial charge in [0.25, 0.3) is 0 Å². The molecule has 0 radical (unpaired) electrons. The average molecular weight is 377 g/mol. The van der Waals surface area contributed by atoms with Gasteiger partial charge in [0.05, 0.1) is 13.2 Å². The Morgan fingerprint density at radius 2 is 2.08 bits per heavy atom. The van der Waals surface area contributed by atoms with E-state index in [1.165, 1.54) is 12.1 Å².